The standard InChI is InChI=1S/C32H37ClFN5O5S/c1-19-21-10-8-16-39(27(21)38-37-26(19)33)29-35-25(28(40)42-7)24(45-29)11-9-17-43-23-13-12-20(18-22(23)34)14-15-32(5,6)36-30(41)44-31(2,3)4/h12-13,18H,8-11,16-17H2,1-7H3,(H,36,41). The Hall–Kier alpha value is -3.95. The number of nitrogens with zero attached hydrogens (tertiary/aromatic N) is 4. The van der Waals surface area contributed by atoms with Gasteiger partial charge in [-0.25, -0.2) is 19.0 Å². The molecule has 1 aliphatic rings. The minimum Gasteiger partial charge on any atom is -0.491 e. The fourth-order valence-corrected chi connectivity index (χ4v) is 5.82. The van der Waals surface area contributed by atoms with Gasteiger partial charge in [0, 0.05) is 22.5 Å². The SMILES string of the molecule is COC(=O)c1nc(N2CCCc3c2nnc(Cl)c3C)sc1CCCOc1ccc(C#CC(C)(C)NC(=O)OC(C)(C)C)cc1F. The van der Waals surface area contributed by atoms with Gasteiger partial charge in [-0.2, -0.15) is 0 Å². The first-order valence-corrected chi connectivity index (χ1v) is 15.7. The molecule has 0 aliphatic carbocycles. The fourth-order valence-electron chi connectivity index (χ4n) is 4.55. The predicted octanol–water partition coefficient (Wildman–Crippen LogP) is 6.57. The third kappa shape index (κ3) is 8.83. The van der Waals surface area contributed by atoms with Gasteiger partial charge in [-0.3, -0.25) is 0 Å². The molecular weight excluding hydrogens is 621 g/mol. The number of ether oxygens (including phenoxy) is 3. The topological polar surface area (TPSA) is 116 Å². The summed E-state index contributed by atoms with van der Waals surface area (Å²) >= 11 is 7.58. The number of anilines is 2. The lowest BCUT2D eigenvalue weighted by Gasteiger charge is -2.28. The molecule has 2 aromatic heterocycles. The number of hydrogen-bond acceptors (Lipinski definition) is 10. The molecule has 0 bridgehead atoms. The normalized spacial score (nSPS) is 13.0. The first-order chi connectivity index (χ1) is 21.2. The Bertz CT molecular complexity index is 1640. The molecule has 0 unspecified atom stereocenters. The summed E-state index contributed by atoms with van der Waals surface area (Å²) in [6, 6.07) is 4.44. The van der Waals surface area contributed by atoms with E-state index in [9.17, 15) is 14.0 Å². The zero-order chi connectivity index (χ0) is 32.9. The van der Waals surface area contributed by atoms with Crippen molar-refractivity contribution in [1.82, 2.24) is 20.5 Å². The van der Waals surface area contributed by atoms with Gasteiger partial charge in [-0.1, -0.05) is 23.4 Å². The van der Waals surface area contributed by atoms with Crippen LogP contribution in [-0.2, 0) is 22.3 Å². The average molecular weight is 658 g/mol. The van der Waals surface area contributed by atoms with Gasteiger partial charge in [-0.05, 0) is 91.0 Å². The Morgan fingerprint density at radius 3 is 2.64 bits per heavy atom. The second kappa shape index (κ2) is 14.0. The summed E-state index contributed by atoms with van der Waals surface area (Å²) in [5.74, 6) is 5.51. The fraction of sp³-hybridized carbons (Fsp3) is 0.469. The van der Waals surface area contributed by atoms with Crippen molar-refractivity contribution in [2.24, 2.45) is 0 Å². The van der Waals surface area contributed by atoms with Crippen molar-refractivity contribution < 1.29 is 28.2 Å². The highest BCUT2D eigenvalue weighted by molar-refractivity contribution is 7.16. The van der Waals surface area contributed by atoms with Crippen LogP contribution in [0.4, 0.5) is 20.1 Å². The second-order valence-electron chi connectivity index (χ2n) is 12.0. The van der Waals surface area contributed by atoms with Crippen LogP contribution in [-0.4, -0.2) is 58.6 Å². The van der Waals surface area contributed by atoms with Gasteiger partial charge < -0.3 is 24.4 Å². The number of methoxy groups -OCH3 is 1. The largest absolute Gasteiger partial charge is 0.491 e. The van der Waals surface area contributed by atoms with Crippen molar-refractivity contribution in [1.29, 1.82) is 0 Å². The van der Waals surface area contributed by atoms with Crippen LogP contribution in [0.1, 0.15) is 79.5 Å². The van der Waals surface area contributed by atoms with Gasteiger partial charge >= 0.3 is 12.1 Å². The number of aryl methyl sites for hydroxylation is 1. The van der Waals surface area contributed by atoms with Crippen LogP contribution in [0.15, 0.2) is 18.2 Å². The molecule has 13 heteroatoms. The summed E-state index contributed by atoms with van der Waals surface area (Å²) in [4.78, 5) is 32.0. The Kier molecular flexibility index (Phi) is 10.6. The van der Waals surface area contributed by atoms with Crippen LogP contribution < -0.4 is 15.0 Å². The molecule has 0 saturated heterocycles. The molecule has 0 atom stereocenters. The molecule has 1 aliphatic heterocycles. The summed E-state index contributed by atoms with van der Waals surface area (Å²) in [7, 11) is 1.32. The second-order valence-corrected chi connectivity index (χ2v) is 13.5. The van der Waals surface area contributed by atoms with Crippen molar-refractivity contribution in [3.8, 4) is 17.6 Å². The van der Waals surface area contributed by atoms with Gasteiger partial charge in [0.25, 0.3) is 0 Å². The molecule has 1 amide bonds. The molecule has 0 spiro atoms. The summed E-state index contributed by atoms with van der Waals surface area (Å²) in [5.41, 5.74) is 1.04. The van der Waals surface area contributed by atoms with E-state index >= 15 is 0 Å². The maximum atomic E-state index is 14.8. The minimum absolute atomic E-state index is 0.0856. The molecule has 1 N–H and O–H groups in total. The molecule has 0 fully saturated rings. The highest BCUT2D eigenvalue weighted by Gasteiger charge is 2.28. The van der Waals surface area contributed by atoms with Crippen LogP contribution in [0.3, 0.4) is 0 Å². The van der Waals surface area contributed by atoms with Crippen LogP contribution in [0.2, 0.25) is 5.15 Å². The molecule has 3 aromatic rings. The van der Waals surface area contributed by atoms with Crippen molar-refractivity contribution in [2.45, 2.75) is 78.4 Å². The van der Waals surface area contributed by atoms with Gasteiger partial charge in [0.05, 0.1) is 19.3 Å². The Morgan fingerprint density at radius 1 is 1.20 bits per heavy atom. The van der Waals surface area contributed by atoms with E-state index in [1.807, 2.05) is 11.8 Å². The monoisotopic (exact) mass is 657 g/mol. The maximum Gasteiger partial charge on any atom is 0.408 e. The molecule has 45 heavy (non-hydrogen) atoms. The third-order valence-electron chi connectivity index (χ3n) is 6.69. The average Bonchev–Trinajstić information content (AvgIpc) is 3.39. The molecule has 10 nitrogen and oxygen atoms in total. The highest BCUT2D eigenvalue weighted by Crippen LogP contribution is 2.38. The van der Waals surface area contributed by atoms with Crippen LogP contribution in [0.5, 0.6) is 5.75 Å². The Balaban J connectivity index is 1.39. The van der Waals surface area contributed by atoms with Crippen LogP contribution in [0, 0.1) is 24.6 Å². The van der Waals surface area contributed by atoms with E-state index in [1.165, 1.54) is 30.6 Å². The summed E-state index contributed by atoms with van der Waals surface area (Å²) in [5, 5.41) is 12.1. The summed E-state index contributed by atoms with van der Waals surface area (Å²) < 4.78 is 30.8. The number of benzene rings is 1. The van der Waals surface area contributed by atoms with Crippen molar-refractivity contribution in [2.75, 3.05) is 25.2 Å². The van der Waals surface area contributed by atoms with E-state index < -0.39 is 29.0 Å². The smallest absolute Gasteiger partial charge is 0.408 e. The molecule has 0 saturated carbocycles. The van der Waals surface area contributed by atoms with E-state index in [1.54, 1.807) is 40.7 Å². The number of esters is 1. The van der Waals surface area contributed by atoms with Gasteiger partial charge in [0.15, 0.2) is 33.4 Å². The number of carbonyl (C=O) groups is 2. The quantitative estimate of drug-likeness (QED) is 0.163. The zero-order valence-corrected chi connectivity index (χ0v) is 28.0. The molecule has 3 heterocycles. The number of carbonyl (C=O) groups excluding carboxylic acids is 2. The van der Waals surface area contributed by atoms with Gasteiger partial charge in [-0.15, -0.1) is 21.5 Å². The van der Waals surface area contributed by atoms with E-state index in [4.69, 9.17) is 25.8 Å². The summed E-state index contributed by atoms with van der Waals surface area (Å²) in [6.07, 6.45) is 2.10. The first-order valence-electron chi connectivity index (χ1n) is 14.5. The number of fused-ring (bicyclic) bond motifs is 1. The number of alkyl carbamates (subject to hydrolysis) is 1. The number of amides is 1. The van der Waals surface area contributed by atoms with Crippen molar-refractivity contribution in [3.05, 3.63) is 56.4 Å². The molecule has 1 aromatic carbocycles. The lowest BCUT2D eigenvalue weighted by Crippen LogP contribution is -2.44. The lowest BCUT2D eigenvalue weighted by molar-refractivity contribution is 0.0493. The zero-order valence-electron chi connectivity index (χ0n) is 26.5. The molecule has 0 radical (unpaired) electrons. The maximum absolute atomic E-state index is 14.8. The number of thiazole rings is 1. The summed E-state index contributed by atoms with van der Waals surface area (Å²) in [6.45, 7) is 11.6. The first kappa shape index (κ1) is 33.9. The van der Waals surface area contributed by atoms with E-state index in [0.29, 0.717) is 41.1 Å². The Labute approximate surface area is 271 Å². The number of halogens is 2. The van der Waals surface area contributed by atoms with Crippen LogP contribution in [0.25, 0.3) is 0 Å². The van der Waals surface area contributed by atoms with E-state index in [2.05, 4.69) is 32.3 Å². The van der Waals surface area contributed by atoms with E-state index in [0.717, 1.165) is 28.8 Å². The number of hydrogen-bond donors (Lipinski definition) is 1. The third-order valence-corrected chi connectivity index (χ3v) is 8.19. The van der Waals surface area contributed by atoms with Crippen molar-refractivity contribution in [3.63, 3.8) is 0 Å². The molecule has 4 rings (SSSR count). The number of nitrogens with one attached hydrogen (secondary N) is 1. The van der Waals surface area contributed by atoms with E-state index in [-0.39, 0.29) is 18.1 Å². The highest BCUT2D eigenvalue weighted by atomic mass is 35.5. The number of rotatable bonds is 8. The minimum atomic E-state index is -0.898. The Morgan fingerprint density at radius 2 is 1.96 bits per heavy atom. The number of aromatic nitrogens is 3. The molecule has 240 valence electrons. The molecular formula is C32H37ClFN5O5S. The van der Waals surface area contributed by atoms with Gasteiger partial charge in [0.1, 0.15) is 5.60 Å². The lowest BCUT2D eigenvalue weighted by atomic mass is 10.0. The van der Waals surface area contributed by atoms with Gasteiger partial charge in [0.2, 0.25) is 0 Å². The van der Waals surface area contributed by atoms with Crippen molar-refractivity contribution >= 4 is 45.9 Å². The predicted molar refractivity (Wildman–Crippen MR) is 171 cm³/mol. The van der Waals surface area contributed by atoms with Crippen LogP contribution >= 0.6 is 22.9 Å².